The highest BCUT2D eigenvalue weighted by atomic mass is 127. The van der Waals surface area contributed by atoms with Gasteiger partial charge in [0, 0.05) is 39.4 Å². The average molecular weight is 424 g/mol. The summed E-state index contributed by atoms with van der Waals surface area (Å²) >= 11 is 0. The second kappa shape index (κ2) is 10.9. The fraction of sp³-hybridized carbons (Fsp3) is 0.278. The van der Waals surface area contributed by atoms with E-state index in [4.69, 9.17) is 0 Å². The molecule has 0 saturated heterocycles. The van der Waals surface area contributed by atoms with Gasteiger partial charge in [-0.3, -0.25) is 4.99 Å². The lowest BCUT2D eigenvalue weighted by atomic mass is 10.2. The maximum absolute atomic E-state index is 4.25. The molecular formula is C18H25IN4. The van der Waals surface area contributed by atoms with Crippen LogP contribution < -0.4 is 15.5 Å². The van der Waals surface area contributed by atoms with Gasteiger partial charge < -0.3 is 15.5 Å². The summed E-state index contributed by atoms with van der Waals surface area (Å²) in [5.41, 5.74) is 2.46. The third-order valence-electron chi connectivity index (χ3n) is 3.46. The van der Waals surface area contributed by atoms with E-state index in [-0.39, 0.29) is 24.0 Å². The van der Waals surface area contributed by atoms with Gasteiger partial charge in [0.1, 0.15) is 0 Å². The lowest BCUT2D eigenvalue weighted by Crippen LogP contribution is -2.40. The van der Waals surface area contributed by atoms with Gasteiger partial charge in [-0.05, 0) is 17.7 Å². The van der Waals surface area contributed by atoms with Crippen molar-refractivity contribution >= 4 is 35.6 Å². The van der Waals surface area contributed by atoms with Crippen LogP contribution in [0.4, 0.5) is 5.69 Å². The molecule has 0 aliphatic carbocycles. The van der Waals surface area contributed by atoms with Crippen LogP contribution in [-0.4, -0.2) is 33.1 Å². The van der Waals surface area contributed by atoms with Crippen molar-refractivity contribution in [2.24, 2.45) is 4.99 Å². The van der Waals surface area contributed by atoms with E-state index < -0.39 is 0 Å². The lowest BCUT2D eigenvalue weighted by Gasteiger charge is -2.20. The standard InChI is InChI=1S/C18H24N4.HI/c1-19-18(21-15-16-9-5-3-6-10-16)20-13-14-22(2)17-11-7-4-8-12-17;/h3-12H,13-15H2,1-2H3,(H2,19,20,21);1H. The normalized spacial score (nSPS) is 10.6. The number of anilines is 1. The molecule has 0 aliphatic heterocycles. The Hall–Kier alpha value is -1.76. The fourth-order valence-corrected chi connectivity index (χ4v) is 2.16. The number of likely N-dealkylation sites (N-methyl/N-ethyl adjacent to an activating group) is 1. The Labute approximate surface area is 156 Å². The number of nitrogens with zero attached hydrogens (tertiary/aromatic N) is 2. The third kappa shape index (κ3) is 6.90. The molecule has 0 bridgehead atoms. The zero-order valence-electron chi connectivity index (χ0n) is 13.7. The monoisotopic (exact) mass is 424 g/mol. The van der Waals surface area contributed by atoms with Crippen molar-refractivity contribution in [3.63, 3.8) is 0 Å². The number of rotatable bonds is 6. The molecule has 23 heavy (non-hydrogen) atoms. The molecule has 0 heterocycles. The van der Waals surface area contributed by atoms with Crippen molar-refractivity contribution in [3.8, 4) is 0 Å². The molecule has 2 N–H and O–H groups in total. The van der Waals surface area contributed by atoms with Crippen LogP contribution in [0.1, 0.15) is 5.56 Å². The number of guanidine groups is 1. The summed E-state index contributed by atoms with van der Waals surface area (Å²) in [6, 6.07) is 20.7. The lowest BCUT2D eigenvalue weighted by molar-refractivity contribution is 0.777. The second-order valence-corrected chi connectivity index (χ2v) is 5.10. The smallest absolute Gasteiger partial charge is 0.191 e. The van der Waals surface area contributed by atoms with Crippen molar-refractivity contribution in [1.82, 2.24) is 10.6 Å². The van der Waals surface area contributed by atoms with Crippen molar-refractivity contribution in [1.29, 1.82) is 0 Å². The molecule has 2 rings (SSSR count). The van der Waals surface area contributed by atoms with Crippen LogP contribution in [0.5, 0.6) is 0 Å². The highest BCUT2D eigenvalue weighted by molar-refractivity contribution is 14.0. The number of nitrogens with one attached hydrogen (secondary N) is 2. The zero-order valence-corrected chi connectivity index (χ0v) is 16.0. The van der Waals surface area contributed by atoms with Gasteiger partial charge in [-0.15, -0.1) is 24.0 Å². The molecule has 5 heteroatoms. The topological polar surface area (TPSA) is 39.7 Å². The van der Waals surface area contributed by atoms with Crippen LogP contribution in [0, 0.1) is 0 Å². The predicted molar refractivity (Wildman–Crippen MR) is 110 cm³/mol. The van der Waals surface area contributed by atoms with Gasteiger partial charge in [-0.1, -0.05) is 48.5 Å². The summed E-state index contributed by atoms with van der Waals surface area (Å²) in [6.07, 6.45) is 0. The molecule has 0 amide bonds. The molecule has 2 aromatic carbocycles. The van der Waals surface area contributed by atoms with E-state index in [9.17, 15) is 0 Å². The van der Waals surface area contributed by atoms with Gasteiger partial charge in [-0.2, -0.15) is 0 Å². The van der Waals surface area contributed by atoms with Crippen LogP contribution in [0.2, 0.25) is 0 Å². The first-order valence-corrected chi connectivity index (χ1v) is 7.54. The Morgan fingerprint density at radius 3 is 2.17 bits per heavy atom. The maximum Gasteiger partial charge on any atom is 0.191 e. The number of aliphatic imine (C=N–C) groups is 1. The van der Waals surface area contributed by atoms with Crippen molar-refractivity contribution in [3.05, 3.63) is 66.2 Å². The Morgan fingerprint density at radius 2 is 1.57 bits per heavy atom. The summed E-state index contributed by atoms with van der Waals surface area (Å²) < 4.78 is 0. The SMILES string of the molecule is CN=C(NCCN(C)c1ccccc1)NCc1ccccc1.I. The molecule has 0 atom stereocenters. The van der Waals surface area contributed by atoms with Crippen LogP contribution >= 0.6 is 24.0 Å². The summed E-state index contributed by atoms with van der Waals surface area (Å²) in [5, 5.41) is 6.66. The van der Waals surface area contributed by atoms with E-state index in [0.717, 1.165) is 25.6 Å². The van der Waals surface area contributed by atoms with E-state index in [1.165, 1.54) is 11.3 Å². The first-order valence-electron chi connectivity index (χ1n) is 7.54. The number of hydrogen-bond donors (Lipinski definition) is 2. The molecule has 0 fully saturated rings. The quantitative estimate of drug-likeness (QED) is 0.426. The van der Waals surface area contributed by atoms with Gasteiger partial charge in [0.25, 0.3) is 0 Å². The van der Waals surface area contributed by atoms with Crippen LogP contribution in [0.3, 0.4) is 0 Å². The molecule has 2 aromatic rings. The van der Waals surface area contributed by atoms with E-state index in [0.29, 0.717) is 0 Å². The van der Waals surface area contributed by atoms with Crippen LogP contribution in [0.25, 0.3) is 0 Å². The highest BCUT2D eigenvalue weighted by Crippen LogP contribution is 2.09. The highest BCUT2D eigenvalue weighted by Gasteiger charge is 2.01. The molecule has 0 unspecified atom stereocenters. The minimum Gasteiger partial charge on any atom is -0.373 e. The zero-order chi connectivity index (χ0) is 15.6. The first kappa shape index (κ1) is 19.3. The summed E-state index contributed by atoms with van der Waals surface area (Å²) in [7, 11) is 3.89. The van der Waals surface area contributed by atoms with E-state index in [2.05, 4.69) is 64.0 Å². The minimum absolute atomic E-state index is 0. The molecule has 4 nitrogen and oxygen atoms in total. The van der Waals surface area contributed by atoms with Crippen molar-refractivity contribution in [2.45, 2.75) is 6.54 Å². The van der Waals surface area contributed by atoms with Crippen molar-refractivity contribution in [2.75, 3.05) is 32.1 Å². The summed E-state index contributed by atoms with van der Waals surface area (Å²) in [5.74, 6) is 0.824. The van der Waals surface area contributed by atoms with Crippen LogP contribution in [-0.2, 0) is 6.54 Å². The minimum atomic E-state index is 0. The van der Waals surface area contributed by atoms with E-state index >= 15 is 0 Å². The Balaban J connectivity index is 0.00000264. The summed E-state index contributed by atoms with van der Waals surface area (Å²) in [4.78, 5) is 6.47. The maximum atomic E-state index is 4.25. The number of benzene rings is 2. The molecule has 0 aliphatic rings. The van der Waals surface area contributed by atoms with Gasteiger partial charge in [0.05, 0.1) is 0 Å². The Kier molecular flexibility index (Phi) is 9.12. The van der Waals surface area contributed by atoms with Crippen molar-refractivity contribution < 1.29 is 0 Å². The predicted octanol–water partition coefficient (Wildman–Crippen LogP) is 3.11. The largest absolute Gasteiger partial charge is 0.373 e. The number of halogens is 1. The molecule has 0 saturated carbocycles. The van der Waals surface area contributed by atoms with Gasteiger partial charge >= 0.3 is 0 Å². The van der Waals surface area contributed by atoms with Gasteiger partial charge in [0.2, 0.25) is 0 Å². The molecule has 124 valence electrons. The third-order valence-corrected chi connectivity index (χ3v) is 3.46. The molecular weight excluding hydrogens is 399 g/mol. The molecule has 0 aromatic heterocycles. The van der Waals surface area contributed by atoms with E-state index in [1.54, 1.807) is 7.05 Å². The van der Waals surface area contributed by atoms with E-state index in [1.807, 2.05) is 24.3 Å². The molecule has 0 spiro atoms. The van der Waals surface area contributed by atoms with Gasteiger partial charge in [-0.25, -0.2) is 0 Å². The second-order valence-electron chi connectivity index (χ2n) is 5.10. The average Bonchev–Trinajstić information content (AvgIpc) is 2.59. The Morgan fingerprint density at radius 1 is 0.957 bits per heavy atom. The van der Waals surface area contributed by atoms with Gasteiger partial charge in [0.15, 0.2) is 5.96 Å². The van der Waals surface area contributed by atoms with Crippen LogP contribution in [0.15, 0.2) is 65.7 Å². The Bertz CT molecular complexity index is 572. The summed E-state index contributed by atoms with van der Waals surface area (Å²) in [6.45, 7) is 2.52. The fourth-order valence-electron chi connectivity index (χ4n) is 2.16. The first-order chi connectivity index (χ1) is 10.8. The molecule has 0 radical (unpaired) electrons. The number of hydrogen-bond acceptors (Lipinski definition) is 2. The number of para-hydroxylation sites is 1.